The smallest absolute Gasteiger partial charge is 0.120 e. The van der Waals surface area contributed by atoms with E-state index < -0.39 is 0 Å². The zero-order valence-electron chi connectivity index (χ0n) is 13.9. The van der Waals surface area contributed by atoms with Crippen molar-refractivity contribution >= 4 is 0 Å². The largest absolute Gasteiger partial charge is 0.491 e. The first-order valence-electron chi connectivity index (χ1n) is 8.20. The summed E-state index contributed by atoms with van der Waals surface area (Å²) in [5.74, 6) is 2.44. The molecule has 0 bridgehead atoms. The average Bonchev–Trinajstić information content (AvgIpc) is 2.38. The molecule has 3 atom stereocenters. The van der Waals surface area contributed by atoms with Crippen LogP contribution >= 0.6 is 0 Å². The molecule has 1 aromatic rings. The van der Waals surface area contributed by atoms with Crippen LogP contribution in [0.4, 0.5) is 0 Å². The maximum Gasteiger partial charge on any atom is 0.120 e. The Morgan fingerprint density at radius 3 is 2.48 bits per heavy atom. The van der Waals surface area contributed by atoms with E-state index in [1.54, 1.807) is 0 Å². The fourth-order valence-corrected chi connectivity index (χ4v) is 3.53. The summed E-state index contributed by atoms with van der Waals surface area (Å²) in [5.41, 5.74) is 7.37. The van der Waals surface area contributed by atoms with Crippen LogP contribution in [0, 0.1) is 11.8 Å². The molecular weight excluding hydrogens is 260 g/mol. The summed E-state index contributed by atoms with van der Waals surface area (Å²) >= 11 is 0. The van der Waals surface area contributed by atoms with E-state index in [2.05, 4.69) is 50.8 Å². The molecule has 1 aliphatic heterocycles. The summed E-state index contributed by atoms with van der Waals surface area (Å²) in [4.78, 5) is 2.55. The Morgan fingerprint density at radius 2 is 1.90 bits per heavy atom. The van der Waals surface area contributed by atoms with Crippen LogP contribution in [0.5, 0.6) is 5.75 Å². The number of ether oxygens (including phenoxy) is 1. The lowest BCUT2D eigenvalue weighted by atomic mass is 9.89. The normalized spacial score (nSPS) is 25.0. The van der Waals surface area contributed by atoms with Gasteiger partial charge in [0.05, 0.1) is 6.10 Å². The molecule has 1 aliphatic rings. The van der Waals surface area contributed by atoms with Crippen LogP contribution in [-0.4, -0.2) is 30.6 Å². The van der Waals surface area contributed by atoms with Gasteiger partial charge < -0.3 is 10.5 Å². The number of rotatable bonds is 5. The molecular formula is C18H30N2O. The summed E-state index contributed by atoms with van der Waals surface area (Å²) in [6, 6.07) is 8.73. The summed E-state index contributed by atoms with van der Waals surface area (Å²) in [7, 11) is 0. The van der Waals surface area contributed by atoms with Crippen LogP contribution in [0.25, 0.3) is 0 Å². The lowest BCUT2D eigenvalue weighted by Gasteiger charge is -2.40. The van der Waals surface area contributed by atoms with Gasteiger partial charge in [-0.1, -0.05) is 26.0 Å². The van der Waals surface area contributed by atoms with Gasteiger partial charge in [-0.2, -0.15) is 0 Å². The highest BCUT2D eigenvalue weighted by molar-refractivity contribution is 5.31. The highest BCUT2D eigenvalue weighted by Crippen LogP contribution is 2.30. The van der Waals surface area contributed by atoms with Crippen LogP contribution in [0.2, 0.25) is 0 Å². The van der Waals surface area contributed by atoms with E-state index in [1.165, 1.54) is 12.0 Å². The van der Waals surface area contributed by atoms with Gasteiger partial charge in [-0.05, 0) is 49.8 Å². The van der Waals surface area contributed by atoms with Crippen molar-refractivity contribution in [1.29, 1.82) is 0 Å². The van der Waals surface area contributed by atoms with Gasteiger partial charge in [0.25, 0.3) is 0 Å². The molecule has 0 aromatic heterocycles. The van der Waals surface area contributed by atoms with E-state index in [0.717, 1.165) is 30.7 Å². The first-order valence-corrected chi connectivity index (χ1v) is 8.20. The quantitative estimate of drug-likeness (QED) is 0.902. The zero-order chi connectivity index (χ0) is 15.4. The van der Waals surface area contributed by atoms with Crippen LogP contribution in [0.1, 0.15) is 45.7 Å². The number of piperidine rings is 1. The summed E-state index contributed by atoms with van der Waals surface area (Å²) in [6.07, 6.45) is 1.52. The van der Waals surface area contributed by atoms with Crippen molar-refractivity contribution in [3.8, 4) is 5.75 Å². The molecule has 21 heavy (non-hydrogen) atoms. The van der Waals surface area contributed by atoms with E-state index in [-0.39, 0.29) is 6.10 Å². The standard InChI is InChI=1S/C18H30N2O/c1-13(2)21-17-7-5-6-16(9-17)18(10-19)20-11-14(3)8-15(4)12-20/h5-7,9,13-15,18H,8,10-12,19H2,1-4H3. The molecule has 2 rings (SSSR count). The first kappa shape index (κ1) is 16.3. The number of benzene rings is 1. The predicted molar refractivity (Wildman–Crippen MR) is 88.5 cm³/mol. The Kier molecular flexibility index (Phi) is 5.65. The Balaban J connectivity index is 2.16. The Morgan fingerprint density at radius 1 is 1.24 bits per heavy atom. The summed E-state index contributed by atoms with van der Waals surface area (Å²) in [5, 5.41) is 0. The van der Waals surface area contributed by atoms with Gasteiger partial charge in [-0.25, -0.2) is 0 Å². The van der Waals surface area contributed by atoms with Gasteiger partial charge in [-0.15, -0.1) is 0 Å². The number of likely N-dealkylation sites (tertiary alicyclic amines) is 1. The molecule has 118 valence electrons. The molecule has 0 aliphatic carbocycles. The van der Waals surface area contributed by atoms with Gasteiger partial charge in [0.15, 0.2) is 0 Å². The van der Waals surface area contributed by atoms with Crippen LogP contribution in [-0.2, 0) is 0 Å². The Bertz CT molecular complexity index is 437. The molecule has 0 saturated carbocycles. The Hall–Kier alpha value is -1.06. The summed E-state index contributed by atoms with van der Waals surface area (Å²) < 4.78 is 5.82. The van der Waals surface area contributed by atoms with Gasteiger partial charge in [0, 0.05) is 25.7 Å². The van der Waals surface area contributed by atoms with Gasteiger partial charge in [0.2, 0.25) is 0 Å². The lowest BCUT2D eigenvalue weighted by Crippen LogP contribution is -2.43. The maximum atomic E-state index is 6.10. The van der Waals surface area contributed by atoms with Crippen LogP contribution < -0.4 is 10.5 Å². The molecule has 0 amide bonds. The minimum absolute atomic E-state index is 0.201. The SMILES string of the molecule is CC1CC(C)CN(C(CN)c2cccc(OC(C)C)c2)C1. The Labute approximate surface area is 129 Å². The molecule has 2 N–H and O–H groups in total. The third-order valence-corrected chi connectivity index (χ3v) is 4.18. The van der Waals surface area contributed by atoms with Crippen LogP contribution in [0.3, 0.4) is 0 Å². The van der Waals surface area contributed by atoms with Crippen molar-refractivity contribution in [3.05, 3.63) is 29.8 Å². The maximum absolute atomic E-state index is 6.10. The van der Waals surface area contributed by atoms with Crippen molar-refractivity contribution in [2.75, 3.05) is 19.6 Å². The van der Waals surface area contributed by atoms with E-state index >= 15 is 0 Å². The molecule has 3 heteroatoms. The molecule has 3 nitrogen and oxygen atoms in total. The summed E-state index contributed by atoms with van der Waals surface area (Å²) in [6.45, 7) is 11.7. The number of nitrogens with zero attached hydrogens (tertiary/aromatic N) is 1. The van der Waals surface area contributed by atoms with E-state index in [9.17, 15) is 0 Å². The molecule has 1 fully saturated rings. The third kappa shape index (κ3) is 4.45. The number of hydrogen-bond acceptors (Lipinski definition) is 3. The second-order valence-electron chi connectivity index (χ2n) is 6.89. The van der Waals surface area contributed by atoms with Gasteiger partial charge in [0.1, 0.15) is 5.75 Å². The zero-order valence-corrected chi connectivity index (χ0v) is 13.9. The molecule has 0 spiro atoms. The molecule has 0 radical (unpaired) electrons. The fraction of sp³-hybridized carbons (Fsp3) is 0.667. The van der Waals surface area contributed by atoms with Crippen LogP contribution in [0.15, 0.2) is 24.3 Å². The van der Waals surface area contributed by atoms with Crippen molar-refractivity contribution in [2.45, 2.75) is 46.3 Å². The highest BCUT2D eigenvalue weighted by atomic mass is 16.5. The van der Waals surface area contributed by atoms with E-state index in [1.807, 2.05) is 6.07 Å². The van der Waals surface area contributed by atoms with Crippen molar-refractivity contribution in [1.82, 2.24) is 4.90 Å². The fourth-order valence-electron chi connectivity index (χ4n) is 3.53. The topological polar surface area (TPSA) is 38.5 Å². The van der Waals surface area contributed by atoms with Crippen molar-refractivity contribution in [2.24, 2.45) is 17.6 Å². The lowest BCUT2D eigenvalue weighted by molar-refractivity contribution is 0.0982. The minimum Gasteiger partial charge on any atom is -0.491 e. The second-order valence-corrected chi connectivity index (χ2v) is 6.89. The molecule has 1 saturated heterocycles. The first-order chi connectivity index (χ1) is 9.99. The van der Waals surface area contributed by atoms with Crippen molar-refractivity contribution < 1.29 is 4.74 Å². The third-order valence-electron chi connectivity index (χ3n) is 4.18. The predicted octanol–water partition coefficient (Wildman–Crippen LogP) is 3.45. The van der Waals surface area contributed by atoms with Gasteiger partial charge in [-0.3, -0.25) is 4.90 Å². The number of hydrogen-bond donors (Lipinski definition) is 1. The van der Waals surface area contributed by atoms with E-state index in [4.69, 9.17) is 10.5 Å². The monoisotopic (exact) mass is 290 g/mol. The molecule has 1 aromatic carbocycles. The van der Waals surface area contributed by atoms with Crippen molar-refractivity contribution in [3.63, 3.8) is 0 Å². The molecule has 3 unspecified atom stereocenters. The molecule has 1 heterocycles. The van der Waals surface area contributed by atoms with Gasteiger partial charge >= 0.3 is 0 Å². The van der Waals surface area contributed by atoms with E-state index in [0.29, 0.717) is 12.6 Å². The second kappa shape index (κ2) is 7.28. The average molecular weight is 290 g/mol. The minimum atomic E-state index is 0.201. The number of nitrogens with two attached hydrogens (primary N) is 1. The highest BCUT2D eigenvalue weighted by Gasteiger charge is 2.27.